The number of nitrogens with zero attached hydrogens (tertiary/aromatic N) is 2. The van der Waals surface area contributed by atoms with E-state index < -0.39 is 5.54 Å². The Hall–Kier alpha value is -1.92. The normalized spacial score (nSPS) is 25.0. The van der Waals surface area contributed by atoms with Gasteiger partial charge in [-0.3, -0.25) is 14.5 Å². The zero-order valence-corrected chi connectivity index (χ0v) is 14.2. The van der Waals surface area contributed by atoms with E-state index in [4.69, 9.17) is 10.5 Å². The van der Waals surface area contributed by atoms with Crippen molar-refractivity contribution in [2.45, 2.75) is 25.3 Å². The molecule has 3 rings (SSSR count). The molecule has 2 fully saturated rings. The number of primary amides is 1. The highest BCUT2D eigenvalue weighted by atomic mass is 16.5. The maximum absolute atomic E-state index is 12.6. The minimum Gasteiger partial charge on any atom is -0.379 e. The lowest BCUT2D eigenvalue weighted by molar-refractivity contribution is -0.137. The van der Waals surface area contributed by atoms with Gasteiger partial charge < -0.3 is 15.4 Å². The SMILES string of the molecule is Cc1ccccc1CC(=O)N1CCN(C2(C(N)=O)CCOC2)CC1. The number of carbonyl (C=O) groups excluding carboxylic acids is 2. The first-order valence-electron chi connectivity index (χ1n) is 8.48. The molecule has 0 spiro atoms. The standard InChI is InChI=1S/C18H25N3O3/c1-14-4-2-3-5-15(14)12-16(22)20-7-9-21(10-8-20)18(17(19)23)6-11-24-13-18/h2-5H,6-13H2,1H3,(H2,19,23). The number of amides is 2. The van der Waals surface area contributed by atoms with Crippen LogP contribution in [0, 0.1) is 6.92 Å². The van der Waals surface area contributed by atoms with E-state index in [1.165, 1.54) is 0 Å². The molecule has 6 heteroatoms. The Kier molecular flexibility index (Phi) is 4.87. The van der Waals surface area contributed by atoms with Gasteiger partial charge in [-0.15, -0.1) is 0 Å². The average molecular weight is 331 g/mol. The van der Waals surface area contributed by atoms with Gasteiger partial charge in [-0.1, -0.05) is 24.3 Å². The minimum absolute atomic E-state index is 0.139. The van der Waals surface area contributed by atoms with Crippen LogP contribution in [0.5, 0.6) is 0 Å². The number of ether oxygens (including phenoxy) is 1. The molecule has 2 N–H and O–H groups in total. The van der Waals surface area contributed by atoms with Crippen LogP contribution in [0.3, 0.4) is 0 Å². The van der Waals surface area contributed by atoms with Gasteiger partial charge in [0.1, 0.15) is 5.54 Å². The summed E-state index contributed by atoms with van der Waals surface area (Å²) in [4.78, 5) is 28.5. The maximum atomic E-state index is 12.6. The molecule has 0 aliphatic carbocycles. The van der Waals surface area contributed by atoms with Crippen LogP contribution in [0.25, 0.3) is 0 Å². The number of piperazine rings is 1. The highest BCUT2D eigenvalue weighted by Gasteiger charge is 2.47. The number of aryl methyl sites for hydroxylation is 1. The van der Waals surface area contributed by atoms with Crippen molar-refractivity contribution in [3.63, 3.8) is 0 Å². The summed E-state index contributed by atoms with van der Waals surface area (Å²) in [5.74, 6) is -0.181. The van der Waals surface area contributed by atoms with Crippen molar-refractivity contribution in [3.8, 4) is 0 Å². The maximum Gasteiger partial charge on any atom is 0.240 e. The smallest absolute Gasteiger partial charge is 0.240 e. The molecular formula is C18H25N3O3. The Balaban J connectivity index is 1.60. The third-order valence-corrected chi connectivity index (χ3v) is 5.30. The number of carbonyl (C=O) groups is 2. The van der Waals surface area contributed by atoms with E-state index in [0.717, 1.165) is 11.1 Å². The molecule has 130 valence electrons. The van der Waals surface area contributed by atoms with Crippen LogP contribution in [0.2, 0.25) is 0 Å². The topological polar surface area (TPSA) is 75.9 Å². The quantitative estimate of drug-likeness (QED) is 0.862. The Bertz CT molecular complexity index is 618. The summed E-state index contributed by atoms with van der Waals surface area (Å²) in [7, 11) is 0. The molecule has 2 aliphatic rings. The highest BCUT2D eigenvalue weighted by molar-refractivity contribution is 5.85. The lowest BCUT2D eigenvalue weighted by Crippen LogP contribution is -2.63. The van der Waals surface area contributed by atoms with E-state index in [-0.39, 0.29) is 11.8 Å². The van der Waals surface area contributed by atoms with Crippen molar-refractivity contribution in [2.75, 3.05) is 39.4 Å². The molecule has 1 aromatic carbocycles. The lowest BCUT2D eigenvalue weighted by atomic mass is 9.94. The van der Waals surface area contributed by atoms with Crippen LogP contribution in [-0.2, 0) is 20.7 Å². The third kappa shape index (κ3) is 3.16. The van der Waals surface area contributed by atoms with E-state index in [1.54, 1.807) is 0 Å². The zero-order chi connectivity index (χ0) is 17.2. The lowest BCUT2D eigenvalue weighted by Gasteiger charge is -2.43. The largest absolute Gasteiger partial charge is 0.379 e. The molecule has 1 atom stereocenters. The van der Waals surface area contributed by atoms with Gasteiger partial charge in [-0.25, -0.2) is 0 Å². The predicted octanol–water partition coefficient (Wildman–Crippen LogP) is 0.326. The molecule has 2 heterocycles. The molecule has 2 amide bonds. The van der Waals surface area contributed by atoms with Gasteiger partial charge in [0.2, 0.25) is 11.8 Å². The van der Waals surface area contributed by atoms with Crippen LogP contribution in [0.4, 0.5) is 0 Å². The number of benzene rings is 1. The molecule has 0 aromatic heterocycles. The first-order chi connectivity index (χ1) is 11.5. The number of nitrogens with two attached hydrogens (primary N) is 1. The summed E-state index contributed by atoms with van der Waals surface area (Å²) in [5, 5.41) is 0. The van der Waals surface area contributed by atoms with Crippen molar-refractivity contribution in [3.05, 3.63) is 35.4 Å². The Morgan fingerprint density at radius 2 is 1.92 bits per heavy atom. The Morgan fingerprint density at radius 3 is 2.50 bits per heavy atom. The molecule has 0 saturated carbocycles. The fourth-order valence-electron chi connectivity index (χ4n) is 3.62. The fraction of sp³-hybridized carbons (Fsp3) is 0.556. The van der Waals surface area contributed by atoms with Gasteiger partial charge in [-0.05, 0) is 18.1 Å². The number of hydrogen-bond acceptors (Lipinski definition) is 4. The number of hydrogen-bond donors (Lipinski definition) is 1. The van der Waals surface area contributed by atoms with Gasteiger partial charge in [0.15, 0.2) is 0 Å². The molecule has 6 nitrogen and oxygen atoms in total. The summed E-state index contributed by atoms with van der Waals surface area (Å²) in [6.07, 6.45) is 1.07. The van der Waals surface area contributed by atoms with Crippen molar-refractivity contribution >= 4 is 11.8 Å². The van der Waals surface area contributed by atoms with Crippen molar-refractivity contribution in [2.24, 2.45) is 5.73 Å². The van der Waals surface area contributed by atoms with Crippen molar-refractivity contribution < 1.29 is 14.3 Å². The van der Waals surface area contributed by atoms with Crippen LogP contribution in [0.15, 0.2) is 24.3 Å². The summed E-state index contributed by atoms with van der Waals surface area (Å²) < 4.78 is 5.42. The van der Waals surface area contributed by atoms with Gasteiger partial charge in [0, 0.05) is 39.2 Å². The van der Waals surface area contributed by atoms with Gasteiger partial charge in [0.25, 0.3) is 0 Å². The van der Waals surface area contributed by atoms with Crippen molar-refractivity contribution in [1.82, 2.24) is 9.80 Å². The van der Waals surface area contributed by atoms with Crippen LogP contribution < -0.4 is 5.73 Å². The second-order valence-corrected chi connectivity index (χ2v) is 6.67. The molecule has 0 radical (unpaired) electrons. The van der Waals surface area contributed by atoms with E-state index in [1.807, 2.05) is 36.1 Å². The van der Waals surface area contributed by atoms with Crippen molar-refractivity contribution in [1.29, 1.82) is 0 Å². The summed E-state index contributed by atoms with van der Waals surface area (Å²) >= 11 is 0. The fourth-order valence-corrected chi connectivity index (χ4v) is 3.62. The second-order valence-electron chi connectivity index (χ2n) is 6.67. The highest BCUT2D eigenvalue weighted by Crippen LogP contribution is 2.27. The summed E-state index contributed by atoms with van der Waals surface area (Å²) in [6, 6.07) is 7.97. The molecule has 1 unspecified atom stereocenters. The molecule has 1 aromatic rings. The van der Waals surface area contributed by atoms with E-state index >= 15 is 0 Å². The van der Waals surface area contributed by atoms with Crippen LogP contribution >= 0.6 is 0 Å². The van der Waals surface area contributed by atoms with E-state index in [0.29, 0.717) is 52.2 Å². The summed E-state index contributed by atoms with van der Waals surface area (Å²) in [6.45, 7) is 5.52. The van der Waals surface area contributed by atoms with Gasteiger partial charge in [-0.2, -0.15) is 0 Å². The van der Waals surface area contributed by atoms with Gasteiger partial charge in [0.05, 0.1) is 13.0 Å². The average Bonchev–Trinajstić information content (AvgIpc) is 3.08. The van der Waals surface area contributed by atoms with E-state index in [9.17, 15) is 9.59 Å². The third-order valence-electron chi connectivity index (χ3n) is 5.30. The molecule has 2 saturated heterocycles. The minimum atomic E-state index is -0.689. The van der Waals surface area contributed by atoms with Gasteiger partial charge >= 0.3 is 0 Å². The molecule has 2 aliphatic heterocycles. The molecule has 24 heavy (non-hydrogen) atoms. The monoisotopic (exact) mass is 331 g/mol. The predicted molar refractivity (Wildman–Crippen MR) is 90.4 cm³/mol. The second kappa shape index (κ2) is 6.91. The first-order valence-corrected chi connectivity index (χ1v) is 8.48. The van der Waals surface area contributed by atoms with Crippen LogP contribution in [0.1, 0.15) is 17.5 Å². The van der Waals surface area contributed by atoms with E-state index in [2.05, 4.69) is 4.90 Å². The molecule has 0 bridgehead atoms. The molecular weight excluding hydrogens is 306 g/mol. The summed E-state index contributed by atoms with van der Waals surface area (Å²) in [5.41, 5.74) is 7.16. The Morgan fingerprint density at radius 1 is 1.21 bits per heavy atom. The number of rotatable bonds is 4. The zero-order valence-electron chi connectivity index (χ0n) is 14.2. The first kappa shape index (κ1) is 16.9. The van der Waals surface area contributed by atoms with Crippen LogP contribution in [-0.4, -0.2) is 66.5 Å². The Labute approximate surface area is 142 Å².